The van der Waals surface area contributed by atoms with Crippen molar-refractivity contribution in [3.8, 4) is 0 Å². The Morgan fingerprint density at radius 1 is 0.857 bits per heavy atom. The molecule has 22 heteroatoms. The van der Waals surface area contributed by atoms with Crippen molar-refractivity contribution in [2.24, 2.45) is 5.11 Å². The number of benzene rings is 2. The summed E-state index contributed by atoms with van der Waals surface area (Å²) in [4.78, 5) is 33.3. The van der Waals surface area contributed by atoms with Gasteiger partial charge in [0.1, 0.15) is 6.54 Å². The number of aromatic nitrogens is 1. The van der Waals surface area contributed by atoms with Gasteiger partial charge in [-0.05, 0) is 86.3 Å². The van der Waals surface area contributed by atoms with E-state index in [0.717, 1.165) is 11.4 Å². The topological polar surface area (TPSA) is 289 Å². The minimum atomic E-state index is -4.54. The molecule has 0 spiro atoms. The maximum absolute atomic E-state index is 12.6. The van der Waals surface area contributed by atoms with Gasteiger partial charge in [0.05, 0.1) is 39.4 Å². The lowest BCUT2D eigenvalue weighted by molar-refractivity contribution is -0.437. The van der Waals surface area contributed by atoms with Crippen LogP contribution >= 0.6 is 0 Å². The number of carbonyl (C=O) groups excluding carboxylic acids is 2. The molecule has 2 aliphatic rings. The number of rotatable bonds is 20. The molecule has 0 radical (unpaired) electrons. The van der Waals surface area contributed by atoms with Gasteiger partial charge in [0, 0.05) is 77.5 Å². The summed E-state index contributed by atoms with van der Waals surface area (Å²) in [7, 11) is -13.3. The molecule has 0 unspecified atom stereocenters. The zero-order chi connectivity index (χ0) is 46.4. The molecule has 0 bridgehead atoms. The summed E-state index contributed by atoms with van der Waals surface area (Å²) in [5.41, 5.74) is 11.9. The summed E-state index contributed by atoms with van der Waals surface area (Å²) in [6, 6.07) is 11.9. The highest BCUT2D eigenvalue weighted by molar-refractivity contribution is 7.86. The van der Waals surface area contributed by atoms with Gasteiger partial charge in [-0.15, -0.1) is 0 Å². The first-order chi connectivity index (χ1) is 29.4. The van der Waals surface area contributed by atoms with Crippen molar-refractivity contribution in [1.29, 1.82) is 0 Å². The van der Waals surface area contributed by atoms with Gasteiger partial charge in [0.25, 0.3) is 30.4 Å². The number of hydrogen-bond acceptors (Lipinski definition) is 11. The van der Waals surface area contributed by atoms with Crippen molar-refractivity contribution in [3.63, 3.8) is 0 Å². The lowest BCUT2D eigenvalue weighted by atomic mass is 9.81. The fraction of sp³-hybridized carbons (Fsp3) is 0.415. The zero-order valence-electron chi connectivity index (χ0n) is 35.2. The van der Waals surface area contributed by atoms with E-state index in [1.807, 2.05) is 44.4 Å². The van der Waals surface area contributed by atoms with Crippen LogP contribution in [-0.2, 0) is 57.3 Å². The maximum Gasteiger partial charge on any atom is 0.294 e. The van der Waals surface area contributed by atoms with Crippen LogP contribution in [0.2, 0.25) is 0 Å². The Kier molecular flexibility index (Phi) is 15.0. The highest BCUT2D eigenvalue weighted by atomic mass is 32.2. The molecular weight excluding hydrogens is 877 g/mol. The number of unbranched alkanes of at least 4 members (excludes halogenated alkanes) is 2. The van der Waals surface area contributed by atoms with E-state index in [1.165, 1.54) is 30.5 Å². The molecule has 3 aromatic rings. The lowest BCUT2D eigenvalue weighted by Gasteiger charge is -2.27. The predicted molar refractivity (Wildman–Crippen MR) is 236 cm³/mol. The Labute approximate surface area is 366 Å². The molecule has 5 N–H and O–H groups in total. The Balaban J connectivity index is 1.29. The van der Waals surface area contributed by atoms with Gasteiger partial charge in [-0.3, -0.25) is 28.2 Å². The summed E-state index contributed by atoms with van der Waals surface area (Å²) in [6.07, 6.45) is 9.12. The third kappa shape index (κ3) is 12.2. The molecule has 2 amide bonds. The normalized spacial score (nSPS) is 16.2. The van der Waals surface area contributed by atoms with Gasteiger partial charge in [0.15, 0.2) is 5.71 Å². The van der Waals surface area contributed by atoms with E-state index < -0.39 is 46.9 Å². The Bertz CT molecular complexity index is 2740. The predicted octanol–water partition coefficient (Wildman–Crippen LogP) is 5.98. The zero-order valence-corrected chi connectivity index (χ0v) is 37.7. The molecule has 1 aromatic heterocycles. The van der Waals surface area contributed by atoms with Crippen LogP contribution in [0.25, 0.3) is 10.4 Å². The number of azide groups is 1. The van der Waals surface area contributed by atoms with Gasteiger partial charge < -0.3 is 15.5 Å². The number of hydrogen-bond donors (Lipinski definition) is 5. The molecule has 0 saturated carbocycles. The summed E-state index contributed by atoms with van der Waals surface area (Å²) >= 11 is 0. The van der Waals surface area contributed by atoms with Crippen LogP contribution in [0.3, 0.4) is 0 Å². The standard InChI is InChI=1S/C41H50N8O11S3/c1-40(2)32-24-30(62(55,56)57)15-17-34(32)48(21-7-5-6-12-38(50)43-20-19-39(51)46-29-14-13-28(44-26-29)27-45-47-42)36(40)10-8-11-37-41(3,4)33-25-31(63(58,59)60)16-18-35(33)49(37)22-9-23-61(52,53)54/h8,10-11,13-18,24-26H,5-7,9,12,19-23,27H2,1-4H3,(H4-,43,46,50,51,52,53,54,55,56,57,58,59,60)/p+1. The minimum absolute atomic E-state index is 0.0456. The smallest absolute Gasteiger partial charge is 0.294 e. The molecule has 338 valence electrons. The Morgan fingerprint density at radius 2 is 1.54 bits per heavy atom. The van der Waals surface area contributed by atoms with Gasteiger partial charge in [-0.2, -0.15) is 29.8 Å². The number of amides is 2. The Hall–Kier alpha value is -5.48. The number of carbonyl (C=O) groups is 2. The van der Waals surface area contributed by atoms with Crippen LogP contribution < -0.4 is 15.5 Å². The second-order valence-corrected chi connectivity index (χ2v) is 20.6. The summed E-state index contributed by atoms with van der Waals surface area (Å²) < 4.78 is 103. The largest absolute Gasteiger partial charge is 0.356 e. The van der Waals surface area contributed by atoms with E-state index in [-0.39, 0.29) is 60.5 Å². The van der Waals surface area contributed by atoms with E-state index in [1.54, 1.807) is 30.3 Å². The minimum Gasteiger partial charge on any atom is -0.356 e. The average molecular weight is 928 g/mol. The molecule has 2 aromatic carbocycles. The van der Waals surface area contributed by atoms with Crippen molar-refractivity contribution < 1.29 is 53.1 Å². The number of nitrogens with one attached hydrogen (secondary N) is 2. The Morgan fingerprint density at radius 3 is 2.17 bits per heavy atom. The summed E-state index contributed by atoms with van der Waals surface area (Å²) in [6.45, 7) is 8.44. The number of pyridine rings is 1. The fourth-order valence-electron chi connectivity index (χ4n) is 7.80. The summed E-state index contributed by atoms with van der Waals surface area (Å²) in [5, 5.41) is 8.90. The second kappa shape index (κ2) is 19.5. The molecule has 2 aliphatic heterocycles. The van der Waals surface area contributed by atoms with Crippen molar-refractivity contribution >= 4 is 64.9 Å². The maximum atomic E-state index is 12.6. The molecule has 19 nitrogen and oxygen atoms in total. The van der Waals surface area contributed by atoms with E-state index in [9.17, 15) is 48.5 Å². The second-order valence-electron chi connectivity index (χ2n) is 16.2. The highest BCUT2D eigenvalue weighted by Gasteiger charge is 2.45. The molecule has 0 saturated heterocycles. The molecule has 63 heavy (non-hydrogen) atoms. The average Bonchev–Trinajstić information content (AvgIpc) is 3.53. The van der Waals surface area contributed by atoms with Gasteiger partial charge in [-0.25, -0.2) is 0 Å². The number of nitrogens with zero attached hydrogens (tertiary/aromatic N) is 6. The number of allylic oxidation sites excluding steroid dienone is 4. The third-order valence-corrected chi connectivity index (χ3v) is 13.5. The molecule has 3 heterocycles. The number of fused-ring (bicyclic) bond motifs is 2. The van der Waals surface area contributed by atoms with Gasteiger partial charge in [0.2, 0.25) is 17.5 Å². The fourth-order valence-corrected chi connectivity index (χ4v) is 9.31. The van der Waals surface area contributed by atoms with Crippen molar-refractivity contribution in [1.82, 2.24) is 10.3 Å². The van der Waals surface area contributed by atoms with Crippen molar-refractivity contribution in [2.75, 3.05) is 35.6 Å². The quantitative estimate of drug-likeness (QED) is 0.0218. The molecule has 0 atom stereocenters. The highest BCUT2D eigenvalue weighted by Crippen LogP contribution is 2.49. The molecular formula is C41H51N8O11S3+. The van der Waals surface area contributed by atoms with Crippen LogP contribution in [0.5, 0.6) is 0 Å². The summed E-state index contributed by atoms with van der Waals surface area (Å²) in [5.74, 6) is -1.02. The monoisotopic (exact) mass is 927 g/mol. The van der Waals surface area contributed by atoms with Crippen molar-refractivity contribution in [2.45, 2.75) is 93.4 Å². The first kappa shape index (κ1) is 48.6. The van der Waals surface area contributed by atoms with Crippen LogP contribution in [-0.4, -0.2) is 91.4 Å². The van der Waals surface area contributed by atoms with Crippen LogP contribution in [0, 0.1) is 0 Å². The van der Waals surface area contributed by atoms with E-state index in [2.05, 4.69) is 30.5 Å². The molecule has 5 rings (SSSR count). The van der Waals surface area contributed by atoms with E-state index in [4.69, 9.17) is 5.53 Å². The first-order valence-electron chi connectivity index (χ1n) is 20.0. The van der Waals surface area contributed by atoms with E-state index >= 15 is 0 Å². The van der Waals surface area contributed by atoms with Crippen LogP contribution in [0.4, 0.5) is 17.1 Å². The van der Waals surface area contributed by atoms with Gasteiger partial charge in [-0.1, -0.05) is 31.5 Å². The lowest BCUT2D eigenvalue weighted by Crippen LogP contribution is -2.29. The SMILES string of the molecule is CC1(C)C(=CC=CC2=[N+](CCCS(=O)(=O)O)c3ccc(S(=O)(=O)O)cc3C2(C)C)N(CCCCCC(=O)NCCC(=O)Nc2ccc(CN=[N+]=[N-])nc2)c2ccc(S(=O)(=O)O)cc21. The molecule has 0 aliphatic carbocycles. The van der Waals surface area contributed by atoms with Crippen LogP contribution in [0.1, 0.15) is 83.0 Å². The van der Waals surface area contributed by atoms with E-state index in [0.29, 0.717) is 59.7 Å². The van der Waals surface area contributed by atoms with Crippen molar-refractivity contribution in [3.05, 3.63) is 106 Å². The third-order valence-electron chi connectivity index (χ3n) is 11.0. The van der Waals surface area contributed by atoms with Crippen LogP contribution in [0.15, 0.2) is 93.6 Å². The molecule has 0 fully saturated rings. The number of anilines is 2. The van der Waals surface area contributed by atoms with Gasteiger partial charge >= 0.3 is 0 Å². The first-order valence-corrected chi connectivity index (χ1v) is 24.5.